The molecule has 2 aromatic rings. The minimum atomic E-state index is -0.491. The van der Waals surface area contributed by atoms with Crippen molar-refractivity contribution in [2.45, 2.75) is 12.1 Å². The number of thioether (sulfide) groups is 1. The molecule has 0 aliphatic heterocycles. The fourth-order valence-corrected chi connectivity index (χ4v) is 2.95. The number of H-pyrrole nitrogens is 1. The highest BCUT2D eigenvalue weighted by Crippen LogP contribution is 2.39. The molecule has 0 spiro atoms. The molecule has 6 nitrogen and oxygen atoms in total. The van der Waals surface area contributed by atoms with Gasteiger partial charge in [-0.1, -0.05) is 17.7 Å². The summed E-state index contributed by atoms with van der Waals surface area (Å²) in [6, 6.07) is 5.26. The van der Waals surface area contributed by atoms with Crippen molar-refractivity contribution in [3.63, 3.8) is 0 Å². The number of benzene rings is 1. The molecule has 0 atom stereocenters. The Balaban J connectivity index is 2.70. The number of halogens is 1. The van der Waals surface area contributed by atoms with E-state index in [2.05, 4.69) is 31.8 Å². The number of hydrogen-bond donors (Lipinski definition) is 1. The third-order valence-electron chi connectivity index (χ3n) is 3.10. The zero-order chi connectivity index (χ0) is 18.4. The van der Waals surface area contributed by atoms with E-state index >= 15 is 0 Å². The lowest BCUT2D eigenvalue weighted by Crippen LogP contribution is -2.14. The van der Waals surface area contributed by atoms with Gasteiger partial charge in [0.1, 0.15) is 18.2 Å². The highest BCUT2D eigenvalue weighted by molar-refractivity contribution is 9.10. The van der Waals surface area contributed by atoms with Crippen LogP contribution in [0.3, 0.4) is 0 Å². The Kier molecular flexibility index (Phi) is 6.51. The van der Waals surface area contributed by atoms with Gasteiger partial charge in [0.2, 0.25) is 0 Å². The van der Waals surface area contributed by atoms with Crippen LogP contribution in [0.1, 0.15) is 12.5 Å². The minimum Gasteiger partial charge on any atom is -0.490 e. The zero-order valence-corrected chi connectivity index (χ0v) is 16.0. The lowest BCUT2D eigenvalue weighted by atomic mass is 10.1. The molecule has 0 saturated carbocycles. The van der Waals surface area contributed by atoms with Gasteiger partial charge in [-0.2, -0.15) is 5.26 Å². The van der Waals surface area contributed by atoms with Crippen LogP contribution < -0.4 is 15.0 Å². The summed E-state index contributed by atoms with van der Waals surface area (Å²) in [6.45, 7) is 2.34. The van der Waals surface area contributed by atoms with Gasteiger partial charge < -0.3 is 14.5 Å². The summed E-state index contributed by atoms with van der Waals surface area (Å²) in [5.74, 6) is 3.31. The van der Waals surface area contributed by atoms with Crippen molar-refractivity contribution >= 4 is 27.7 Å². The van der Waals surface area contributed by atoms with Crippen LogP contribution in [0.25, 0.3) is 11.3 Å². The average Bonchev–Trinajstić information content (AvgIpc) is 2.61. The normalized spacial score (nSPS) is 9.96. The van der Waals surface area contributed by atoms with Gasteiger partial charge in [-0.15, -0.1) is 6.42 Å². The lowest BCUT2D eigenvalue weighted by molar-refractivity contribution is 0.299. The second-order valence-corrected chi connectivity index (χ2v) is 6.26. The van der Waals surface area contributed by atoms with Crippen molar-refractivity contribution in [3.05, 3.63) is 32.5 Å². The first-order valence-corrected chi connectivity index (χ1v) is 9.18. The SMILES string of the molecule is C#CCOc1cc(Br)c(-c2nc(SC)[nH]c(=O)c2C#N)cc1OCC. The highest BCUT2D eigenvalue weighted by atomic mass is 79.9. The molecule has 25 heavy (non-hydrogen) atoms. The van der Waals surface area contributed by atoms with E-state index in [0.29, 0.717) is 33.3 Å². The van der Waals surface area contributed by atoms with E-state index in [4.69, 9.17) is 15.9 Å². The van der Waals surface area contributed by atoms with Crippen LogP contribution in [-0.4, -0.2) is 29.4 Å². The maximum absolute atomic E-state index is 12.1. The van der Waals surface area contributed by atoms with Crippen LogP contribution in [0.2, 0.25) is 0 Å². The number of aromatic amines is 1. The van der Waals surface area contributed by atoms with Gasteiger partial charge in [-0.25, -0.2) is 4.98 Å². The van der Waals surface area contributed by atoms with Crippen LogP contribution >= 0.6 is 27.7 Å². The third-order valence-corrected chi connectivity index (χ3v) is 4.34. The summed E-state index contributed by atoms with van der Waals surface area (Å²) in [5.41, 5.74) is 0.258. The second kappa shape index (κ2) is 8.61. The molecule has 0 aliphatic rings. The largest absolute Gasteiger partial charge is 0.490 e. The molecule has 0 fully saturated rings. The molecule has 0 radical (unpaired) electrons. The summed E-state index contributed by atoms with van der Waals surface area (Å²) in [7, 11) is 0. The van der Waals surface area contributed by atoms with E-state index in [9.17, 15) is 10.1 Å². The molecule has 0 saturated heterocycles. The molecular weight excluding hydrogens is 406 g/mol. The molecule has 1 N–H and O–H groups in total. The van der Waals surface area contributed by atoms with Crippen LogP contribution in [0, 0.1) is 23.7 Å². The van der Waals surface area contributed by atoms with Crippen LogP contribution in [0.5, 0.6) is 11.5 Å². The second-order valence-electron chi connectivity index (χ2n) is 4.62. The fraction of sp³-hybridized carbons (Fsp3) is 0.235. The molecule has 0 unspecified atom stereocenters. The van der Waals surface area contributed by atoms with Gasteiger partial charge in [0, 0.05) is 10.0 Å². The fourth-order valence-electron chi connectivity index (χ4n) is 2.06. The number of nitrogens with zero attached hydrogens (tertiary/aromatic N) is 2. The number of rotatable bonds is 6. The van der Waals surface area contributed by atoms with E-state index < -0.39 is 5.56 Å². The number of nitrogens with one attached hydrogen (secondary N) is 1. The number of aromatic nitrogens is 2. The average molecular weight is 420 g/mol. The molecule has 1 aromatic carbocycles. The van der Waals surface area contributed by atoms with E-state index in [1.54, 1.807) is 18.4 Å². The molecule has 1 aromatic heterocycles. The Hall–Kier alpha value is -2.42. The highest BCUT2D eigenvalue weighted by Gasteiger charge is 2.19. The summed E-state index contributed by atoms with van der Waals surface area (Å²) in [6.07, 6.45) is 7.02. The number of ether oxygens (including phenoxy) is 2. The van der Waals surface area contributed by atoms with Crippen LogP contribution in [-0.2, 0) is 0 Å². The maximum Gasteiger partial charge on any atom is 0.270 e. The quantitative estimate of drug-likeness (QED) is 0.439. The Bertz CT molecular complexity index is 928. The monoisotopic (exact) mass is 419 g/mol. The van der Waals surface area contributed by atoms with E-state index in [1.165, 1.54) is 11.8 Å². The Morgan fingerprint density at radius 1 is 1.40 bits per heavy atom. The topological polar surface area (TPSA) is 88.0 Å². The van der Waals surface area contributed by atoms with E-state index in [-0.39, 0.29) is 17.9 Å². The van der Waals surface area contributed by atoms with E-state index in [0.717, 1.165) is 0 Å². The van der Waals surface area contributed by atoms with Crippen molar-refractivity contribution < 1.29 is 9.47 Å². The first-order valence-electron chi connectivity index (χ1n) is 7.17. The van der Waals surface area contributed by atoms with Crippen molar-refractivity contribution in [1.29, 1.82) is 5.26 Å². The standard InChI is InChI=1S/C17H14BrN3O3S/c1-4-6-24-14-8-12(18)10(7-13(14)23-5-2)15-11(9-19)16(22)21-17(20-15)25-3/h1,7-8H,5-6H2,2-3H3,(H,20,21,22). The number of nitriles is 1. The number of hydrogen-bond acceptors (Lipinski definition) is 6. The van der Waals surface area contributed by atoms with Gasteiger partial charge in [-0.05, 0) is 41.2 Å². The van der Waals surface area contributed by atoms with Gasteiger partial charge in [0.15, 0.2) is 16.7 Å². The Labute approximate surface area is 157 Å². The Morgan fingerprint density at radius 3 is 2.72 bits per heavy atom. The molecule has 8 heteroatoms. The lowest BCUT2D eigenvalue weighted by Gasteiger charge is -2.14. The van der Waals surface area contributed by atoms with Crippen molar-refractivity contribution in [2.75, 3.05) is 19.5 Å². The van der Waals surface area contributed by atoms with E-state index in [1.807, 2.05) is 13.0 Å². The summed E-state index contributed by atoms with van der Waals surface area (Å²) >= 11 is 4.72. The Morgan fingerprint density at radius 2 is 2.12 bits per heavy atom. The van der Waals surface area contributed by atoms with Crippen molar-refractivity contribution in [2.24, 2.45) is 0 Å². The van der Waals surface area contributed by atoms with Gasteiger partial charge in [0.05, 0.1) is 12.3 Å². The predicted octanol–water partition coefficient (Wildman–Crippen LogP) is 3.20. The van der Waals surface area contributed by atoms with Gasteiger partial charge in [0.25, 0.3) is 5.56 Å². The van der Waals surface area contributed by atoms with Gasteiger partial charge in [-0.3, -0.25) is 4.79 Å². The number of terminal acetylenes is 1. The smallest absolute Gasteiger partial charge is 0.270 e. The summed E-state index contributed by atoms with van der Waals surface area (Å²) < 4.78 is 11.7. The molecule has 128 valence electrons. The molecule has 2 rings (SSSR count). The van der Waals surface area contributed by atoms with Crippen molar-refractivity contribution in [1.82, 2.24) is 9.97 Å². The van der Waals surface area contributed by atoms with Crippen molar-refractivity contribution in [3.8, 4) is 41.2 Å². The molecule has 0 bridgehead atoms. The first-order chi connectivity index (χ1) is 12.0. The predicted molar refractivity (Wildman–Crippen MR) is 100.0 cm³/mol. The van der Waals surface area contributed by atoms with Crippen LogP contribution in [0.15, 0.2) is 26.6 Å². The molecule has 0 aliphatic carbocycles. The molecular formula is C17H14BrN3O3S. The summed E-state index contributed by atoms with van der Waals surface area (Å²) in [4.78, 5) is 19.1. The molecule has 0 amide bonds. The minimum absolute atomic E-state index is 0.0711. The zero-order valence-electron chi connectivity index (χ0n) is 13.6. The maximum atomic E-state index is 12.1. The molecule has 1 heterocycles. The van der Waals surface area contributed by atoms with Crippen LogP contribution in [0.4, 0.5) is 0 Å². The third kappa shape index (κ3) is 4.16. The summed E-state index contributed by atoms with van der Waals surface area (Å²) in [5, 5.41) is 9.76. The first kappa shape index (κ1) is 18.9. The van der Waals surface area contributed by atoms with Gasteiger partial charge >= 0.3 is 0 Å².